The molecule has 0 unspecified atom stereocenters. The largest absolute Gasteiger partial charge is 0.311 e. The average molecular weight is 175 g/mol. The summed E-state index contributed by atoms with van der Waals surface area (Å²) in [5.41, 5.74) is 0. The molecule has 1 amide bonds. The Hall–Kier alpha value is -1.89. The Morgan fingerprint density at radius 3 is 3.08 bits per heavy atom. The van der Waals surface area contributed by atoms with Gasteiger partial charge in [-0.05, 0) is 12.1 Å². The number of nitrogens with one attached hydrogen (secondary N) is 1. The molecule has 0 aliphatic carbocycles. The first-order valence-corrected chi connectivity index (χ1v) is 3.91. The third kappa shape index (κ3) is 3.34. The third-order valence-corrected chi connectivity index (χ3v) is 1.40. The monoisotopic (exact) mass is 175 g/mol. The lowest BCUT2D eigenvalue weighted by atomic mass is 10.3. The van der Waals surface area contributed by atoms with Gasteiger partial charge in [-0.1, -0.05) is 6.07 Å². The average Bonchev–Trinajstić information content (AvgIpc) is 2.16. The van der Waals surface area contributed by atoms with Gasteiger partial charge in [-0.25, -0.2) is 4.98 Å². The zero-order valence-corrected chi connectivity index (χ0v) is 7.03. The van der Waals surface area contributed by atoms with Crippen LogP contribution in [0.3, 0.4) is 0 Å². The molecule has 66 valence electrons. The highest BCUT2D eigenvalue weighted by Gasteiger charge is 2.00. The lowest BCUT2D eigenvalue weighted by Crippen LogP contribution is -2.11. The number of aromatic nitrogens is 1. The fraction of sp³-hybridized carbons (Fsp3) is 0.222. The molecule has 0 spiro atoms. The van der Waals surface area contributed by atoms with Gasteiger partial charge in [0.05, 0.1) is 6.07 Å². The second-order valence-corrected chi connectivity index (χ2v) is 2.42. The van der Waals surface area contributed by atoms with Gasteiger partial charge in [-0.2, -0.15) is 5.26 Å². The van der Waals surface area contributed by atoms with Crippen molar-refractivity contribution < 1.29 is 4.79 Å². The summed E-state index contributed by atoms with van der Waals surface area (Å²) in [4.78, 5) is 15.0. The predicted molar refractivity (Wildman–Crippen MR) is 47.7 cm³/mol. The maximum absolute atomic E-state index is 11.1. The first-order chi connectivity index (χ1) is 6.33. The van der Waals surface area contributed by atoms with E-state index in [1.165, 1.54) is 0 Å². The number of carbonyl (C=O) groups is 1. The predicted octanol–water partition coefficient (Wildman–Crippen LogP) is 1.32. The van der Waals surface area contributed by atoms with Crippen molar-refractivity contribution >= 4 is 11.7 Å². The molecule has 0 atom stereocenters. The van der Waals surface area contributed by atoms with Crippen LogP contribution in [-0.2, 0) is 4.79 Å². The molecule has 0 fully saturated rings. The lowest BCUT2D eigenvalue weighted by molar-refractivity contribution is -0.116. The Morgan fingerprint density at radius 1 is 1.62 bits per heavy atom. The van der Waals surface area contributed by atoms with E-state index >= 15 is 0 Å². The van der Waals surface area contributed by atoms with Gasteiger partial charge in [0.2, 0.25) is 5.91 Å². The Kier molecular flexibility index (Phi) is 3.45. The number of pyridine rings is 1. The van der Waals surface area contributed by atoms with Gasteiger partial charge in [-0.15, -0.1) is 0 Å². The highest BCUT2D eigenvalue weighted by molar-refractivity contribution is 5.89. The summed E-state index contributed by atoms with van der Waals surface area (Å²) in [5, 5.41) is 10.8. The topological polar surface area (TPSA) is 65.8 Å². The summed E-state index contributed by atoms with van der Waals surface area (Å²) in [6, 6.07) is 7.16. The number of rotatable bonds is 3. The fourth-order valence-corrected chi connectivity index (χ4v) is 0.811. The van der Waals surface area contributed by atoms with Gasteiger partial charge >= 0.3 is 0 Å². The zero-order valence-electron chi connectivity index (χ0n) is 7.03. The van der Waals surface area contributed by atoms with E-state index in [0.717, 1.165) is 0 Å². The Bertz CT molecular complexity index is 315. The van der Waals surface area contributed by atoms with Gasteiger partial charge in [-0.3, -0.25) is 4.79 Å². The van der Waals surface area contributed by atoms with Crippen LogP contribution in [0.25, 0.3) is 0 Å². The molecular formula is C9H9N3O. The number of hydrogen-bond acceptors (Lipinski definition) is 3. The van der Waals surface area contributed by atoms with Gasteiger partial charge in [0, 0.05) is 19.0 Å². The molecule has 0 aliphatic heterocycles. The second kappa shape index (κ2) is 4.88. The quantitative estimate of drug-likeness (QED) is 0.753. The smallest absolute Gasteiger partial charge is 0.226 e. The van der Waals surface area contributed by atoms with E-state index in [4.69, 9.17) is 5.26 Å². The number of hydrogen-bond donors (Lipinski definition) is 1. The zero-order chi connectivity index (χ0) is 9.52. The van der Waals surface area contributed by atoms with Crippen LogP contribution in [0, 0.1) is 11.3 Å². The van der Waals surface area contributed by atoms with Crippen LogP contribution in [0.2, 0.25) is 0 Å². The maximum atomic E-state index is 11.1. The molecule has 4 heteroatoms. The molecule has 13 heavy (non-hydrogen) atoms. The van der Waals surface area contributed by atoms with E-state index in [1.807, 2.05) is 6.07 Å². The molecule has 1 aromatic heterocycles. The molecule has 1 N–H and O–H groups in total. The SMILES string of the molecule is N#CCCC(=O)Nc1ccccn1. The first-order valence-electron chi connectivity index (χ1n) is 3.91. The van der Waals surface area contributed by atoms with Gasteiger partial charge < -0.3 is 5.32 Å². The van der Waals surface area contributed by atoms with Gasteiger partial charge in [0.15, 0.2) is 0 Å². The van der Waals surface area contributed by atoms with Crippen molar-refractivity contribution in [3.8, 4) is 6.07 Å². The molecule has 0 aromatic carbocycles. The molecule has 1 rings (SSSR count). The van der Waals surface area contributed by atoms with Crippen LogP contribution in [0.15, 0.2) is 24.4 Å². The first kappa shape index (κ1) is 9.20. The minimum absolute atomic E-state index is 0.180. The van der Waals surface area contributed by atoms with Crippen LogP contribution in [0.5, 0.6) is 0 Å². The van der Waals surface area contributed by atoms with E-state index in [-0.39, 0.29) is 18.7 Å². The lowest BCUT2D eigenvalue weighted by Gasteiger charge is -2.00. The maximum Gasteiger partial charge on any atom is 0.226 e. The van der Waals surface area contributed by atoms with Crippen LogP contribution in [0.4, 0.5) is 5.82 Å². The number of amides is 1. The standard InChI is InChI=1S/C9H9N3O/c10-6-3-5-9(13)12-8-4-1-2-7-11-8/h1-2,4,7H,3,5H2,(H,11,12,13). The Morgan fingerprint density at radius 2 is 2.46 bits per heavy atom. The second-order valence-electron chi connectivity index (χ2n) is 2.42. The number of nitriles is 1. The summed E-state index contributed by atoms with van der Waals surface area (Å²) in [6.45, 7) is 0. The molecule has 1 aromatic rings. The fourth-order valence-electron chi connectivity index (χ4n) is 0.811. The van der Waals surface area contributed by atoms with Crippen LogP contribution < -0.4 is 5.32 Å². The summed E-state index contributed by atoms with van der Waals surface area (Å²) < 4.78 is 0. The Balaban J connectivity index is 2.42. The Labute approximate surface area is 76.2 Å². The van der Waals surface area contributed by atoms with Crippen molar-refractivity contribution in [3.63, 3.8) is 0 Å². The van der Waals surface area contributed by atoms with E-state index in [1.54, 1.807) is 24.4 Å². The van der Waals surface area contributed by atoms with Crippen molar-refractivity contribution in [3.05, 3.63) is 24.4 Å². The highest BCUT2D eigenvalue weighted by atomic mass is 16.1. The molecule has 4 nitrogen and oxygen atoms in total. The number of carbonyl (C=O) groups excluding carboxylic acids is 1. The third-order valence-electron chi connectivity index (χ3n) is 1.40. The van der Waals surface area contributed by atoms with E-state index in [2.05, 4.69) is 10.3 Å². The van der Waals surface area contributed by atoms with Crippen molar-refractivity contribution in [1.82, 2.24) is 4.98 Å². The normalized spacial score (nSPS) is 8.85. The summed E-state index contributed by atoms with van der Waals surface area (Å²) in [7, 11) is 0. The van der Waals surface area contributed by atoms with Crippen molar-refractivity contribution in [1.29, 1.82) is 5.26 Å². The molecule has 0 saturated heterocycles. The van der Waals surface area contributed by atoms with Crippen molar-refractivity contribution in [2.75, 3.05) is 5.32 Å². The minimum atomic E-state index is -0.180. The molecule has 0 radical (unpaired) electrons. The highest BCUT2D eigenvalue weighted by Crippen LogP contribution is 2.00. The summed E-state index contributed by atoms with van der Waals surface area (Å²) in [5.74, 6) is 0.339. The van der Waals surface area contributed by atoms with E-state index in [0.29, 0.717) is 5.82 Å². The molecular weight excluding hydrogens is 166 g/mol. The molecule has 1 heterocycles. The summed E-state index contributed by atoms with van der Waals surface area (Å²) in [6.07, 6.45) is 2.05. The van der Waals surface area contributed by atoms with Gasteiger partial charge in [0.25, 0.3) is 0 Å². The molecule has 0 aliphatic rings. The minimum Gasteiger partial charge on any atom is -0.311 e. The van der Waals surface area contributed by atoms with Crippen LogP contribution in [0.1, 0.15) is 12.8 Å². The number of anilines is 1. The van der Waals surface area contributed by atoms with Crippen LogP contribution >= 0.6 is 0 Å². The summed E-state index contributed by atoms with van der Waals surface area (Å²) >= 11 is 0. The molecule has 0 bridgehead atoms. The number of nitrogens with zero attached hydrogens (tertiary/aromatic N) is 2. The van der Waals surface area contributed by atoms with Crippen LogP contribution in [-0.4, -0.2) is 10.9 Å². The van der Waals surface area contributed by atoms with E-state index < -0.39 is 0 Å². The van der Waals surface area contributed by atoms with E-state index in [9.17, 15) is 4.79 Å². The van der Waals surface area contributed by atoms with Gasteiger partial charge in [0.1, 0.15) is 5.82 Å². The van der Waals surface area contributed by atoms with Crippen molar-refractivity contribution in [2.24, 2.45) is 0 Å². The van der Waals surface area contributed by atoms with Crippen molar-refractivity contribution in [2.45, 2.75) is 12.8 Å². The molecule has 0 saturated carbocycles.